The van der Waals surface area contributed by atoms with Gasteiger partial charge in [-0.25, -0.2) is 0 Å². The van der Waals surface area contributed by atoms with Gasteiger partial charge in [-0.3, -0.25) is 15.3 Å². The van der Waals surface area contributed by atoms with Gasteiger partial charge in [-0.05, 0) is 30.7 Å². The summed E-state index contributed by atoms with van der Waals surface area (Å²) in [5.41, 5.74) is 6.58. The molecule has 0 bridgehead atoms. The van der Waals surface area contributed by atoms with Gasteiger partial charge < -0.3 is 11.1 Å². The maximum atomic E-state index is 5.81. The molecule has 0 heterocycles. The molecule has 0 saturated heterocycles. The molecule has 0 saturated carbocycles. The molecule has 0 aliphatic carbocycles. The van der Waals surface area contributed by atoms with E-state index in [2.05, 4.69) is 20.6 Å². The quantitative estimate of drug-likeness (QED) is 0.593. The minimum Gasteiger partial charge on any atom is -0.370 e. The third kappa shape index (κ3) is 6.88. The van der Waals surface area contributed by atoms with Crippen LogP contribution in [0.5, 0.6) is 0 Å². The van der Waals surface area contributed by atoms with Crippen molar-refractivity contribution in [2.75, 3.05) is 18.9 Å². The molecule has 0 amide bonds. The van der Waals surface area contributed by atoms with Gasteiger partial charge in [-0.2, -0.15) is 0 Å². The zero-order valence-corrected chi connectivity index (χ0v) is 12.6. The van der Waals surface area contributed by atoms with Gasteiger partial charge in [0, 0.05) is 24.3 Å². The molecule has 19 heavy (non-hydrogen) atoms. The largest absolute Gasteiger partial charge is 0.370 e. The number of hydrogen-bond donors (Lipinski definition) is 3. The summed E-state index contributed by atoms with van der Waals surface area (Å²) in [6.45, 7) is 2.73. The Balaban J connectivity index is 0.00000324. The number of rotatable bonds is 3. The number of nitrogens with one attached hydrogen (secondary N) is 2. The molecule has 0 aromatic heterocycles. The average molecular weight is 304 g/mol. The molecule has 7 heteroatoms. The van der Waals surface area contributed by atoms with Gasteiger partial charge in [0.1, 0.15) is 0 Å². The second-order valence-corrected chi connectivity index (χ2v) is 4.03. The van der Waals surface area contributed by atoms with Crippen molar-refractivity contribution in [2.45, 2.75) is 13.3 Å². The standard InChI is InChI=1S/C12H18ClN5.ClH/c1-3-8-16-11(14)18-12(15-2)17-10-6-4-9(13)5-7-10;/h4-7H,3,8H2,1-2H3,(H4,14,15,16,17,18);1H. The van der Waals surface area contributed by atoms with Crippen molar-refractivity contribution in [2.24, 2.45) is 15.7 Å². The molecule has 4 N–H and O–H groups in total. The fraction of sp³-hybridized carbons (Fsp3) is 0.333. The number of nitrogens with two attached hydrogens (primary N) is 1. The second-order valence-electron chi connectivity index (χ2n) is 3.60. The van der Waals surface area contributed by atoms with Crippen molar-refractivity contribution in [1.29, 1.82) is 0 Å². The van der Waals surface area contributed by atoms with Crippen LogP contribution in [0.3, 0.4) is 0 Å². The number of hydrogen-bond acceptors (Lipinski definition) is 2. The molecule has 106 valence electrons. The Kier molecular flexibility index (Phi) is 8.74. The Hall–Kier alpha value is -1.46. The van der Waals surface area contributed by atoms with Crippen molar-refractivity contribution < 1.29 is 0 Å². The Morgan fingerprint density at radius 2 is 1.95 bits per heavy atom. The van der Waals surface area contributed by atoms with E-state index < -0.39 is 0 Å². The fourth-order valence-electron chi connectivity index (χ4n) is 1.21. The minimum atomic E-state index is 0. The Bertz CT molecular complexity index is 428. The predicted molar refractivity (Wildman–Crippen MR) is 85.6 cm³/mol. The van der Waals surface area contributed by atoms with Gasteiger partial charge in [0.25, 0.3) is 0 Å². The lowest BCUT2D eigenvalue weighted by Gasteiger charge is -2.11. The van der Waals surface area contributed by atoms with E-state index in [0.717, 1.165) is 12.1 Å². The molecular weight excluding hydrogens is 285 g/mol. The number of benzene rings is 1. The monoisotopic (exact) mass is 303 g/mol. The van der Waals surface area contributed by atoms with Crippen molar-refractivity contribution >= 4 is 41.6 Å². The van der Waals surface area contributed by atoms with E-state index in [1.54, 1.807) is 19.2 Å². The van der Waals surface area contributed by atoms with Crippen molar-refractivity contribution in [3.05, 3.63) is 29.3 Å². The lowest BCUT2D eigenvalue weighted by Crippen LogP contribution is -2.40. The number of halogens is 2. The molecule has 1 aromatic rings. The summed E-state index contributed by atoms with van der Waals surface area (Å²) in [4.78, 5) is 8.18. The summed E-state index contributed by atoms with van der Waals surface area (Å²) in [5, 5.41) is 6.67. The summed E-state index contributed by atoms with van der Waals surface area (Å²) in [7, 11) is 1.67. The highest BCUT2D eigenvalue weighted by atomic mass is 35.5. The van der Waals surface area contributed by atoms with E-state index in [9.17, 15) is 0 Å². The first kappa shape index (κ1) is 17.5. The van der Waals surface area contributed by atoms with E-state index in [4.69, 9.17) is 17.3 Å². The zero-order chi connectivity index (χ0) is 13.4. The lowest BCUT2D eigenvalue weighted by atomic mass is 10.3. The first-order valence-electron chi connectivity index (χ1n) is 5.72. The van der Waals surface area contributed by atoms with Crippen LogP contribution in [0.4, 0.5) is 5.69 Å². The third-order valence-electron chi connectivity index (χ3n) is 2.08. The maximum absolute atomic E-state index is 5.81. The molecule has 1 aromatic carbocycles. The SMILES string of the molecule is CCCN=C(N)NC(=NC)Nc1ccc(Cl)cc1.Cl. The Morgan fingerprint density at radius 1 is 1.32 bits per heavy atom. The van der Waals surface area contributed by atoms with E-state index in [1.165, 1.54) is 0 Å². The lowest BCUT2D eigenvalue weighted by molar-refractivity contribution is 0.922. The molecule has 5 nitrogen and oxygen atoms in total. The summed E-state index contributed by atoms with van der Waals surface area (Å²) >= 11 is 5.81. The van der Waals surface area contributed by atoms with Crippen LogP contribution in [-0.2, 0) is 0 Å². The van der Waals surface area contributed by atoms with Gasteiger partial charge in [0.05, 0.1) is 0 Å². The maximum Gasteiger partial charge on any atom is 0.202 e. The highest BCUT2D eigenvalue weighted by Gasteiger charge is 2.00. The minimum absolute atomic E-state index is 0. The Morgan fingerprint density at radius 3 is 2.47 bits per heavy atom. The van der Waals surface area contributed by atoms with Crippen LogP contribution < -0.4 is 16.4 Å². The van der Waals surface area contributed by atoms with Gasteiger partial charge in [0.2, 0.25) is 5.96 Å². The number of nitrogens with zero attached hydrogens (tertiary/aromatic N) is 2. The second kappa shape index (κ2) is 9.47. The fourth-order valence-corrected chi connectivity index (χ4v) is 1.33. The van der Waals surface area contributed by atoms with Gasteiger partial charge >= 0.3 is 0 Å². The molecule has 0 spiro atoms. The molecule has 0 unspecified atom stereocenters. The molecule has 1 rings (SSSR count). The molecule has 0 aliphatic heterocycles. The van der Waals surface area contributed by atoms with Crippen LogP contribution in [0.15, 0.2) is 34.3 Å². The molecule has 0 aliphatic rings. The van der Waals surface area contributed by atoms with Crippen LogP contribution in [-0.4, -0.2) is 25.5 Å². The Labute approximate surface area is 124 Å². The smallest absolute Gasteiger partial charge is 0.202 e. The number of anilines is 1. The molecule has 0 atom stereocenters. The van der Waals surface area contributed by atoms with Crippen molar-refractivity contribution in [3.8, 4) is 0 Å². The predicted octanol–water partition coefficient (Wildman–Crippen LogP) is 2.47. The summed E-state index contributed by atoms with van der Waals surface area (Å²) in [5.74, 6) is 0.883. The summed E-state index contributed by atoms with van der Waals surface area (Å²) in [6, 6.07) is 7.31. The number of guanidine groups is 2. The van der Waals surface area contributed by atoms with Crippen LogP contribution in [0.1, 0.15) is 13.3 Å². The van der Waals surface area contributed by atoms with Crippen molar-refractivity contribution in [3.63, 3.8) is 0 Å². The van der Waals surface area contributed by atoms with Crippen LogP contribution in [0.2, 0.25) is 5.02 Å². The van der Waals surface area contributed by atoms with E-state index in [1.807, 2.05) is 19.1 Å². The first-order chi connectivity index (χ1) is 8.65. The van der Waals surface area contributed by atoms with Crippen LogP contribution >= 0.6 is 24.0 Å². The number of aliphatic imine (C=N–C) groups is 2. The molecular formula is C12H19Cl2N5. The first-order valence-corrected chi connectivity index (χ1v) is 6.09. The van der Waals surface area contributed by atoms with Gasteiger partial charge in [-0.15, -0.1) is 12.4 Å². The zero-order valence-electron chi connectivity index (χ0n) is 11.0. The average Bonchev–Trinajstić information content (AvgIpc) is 2.38. The van der Waals surface area contributed by atoms with Gasteiger partial charge in [0.15, 0.2) is 5.96 Å². The van der Waals surface area contributed by atoms with Gasteiger partial charge in [-0.1, -0.05) is 18.5 Å². The van der Waals surface area contributed by atoms with Crippen molar-refractivity contribution in [1.82, 2.24) is 5.32 Å². The normalized spacial score (nSPS) is 11.7. The highest BCUT2D eigenvalue weighted by Crippen LogP contribution is 2.12. The molecule has 0 radical (unpaired) electrons. The topological polar surface area (TPSA) is 74.8 Å². The summed E-state index contributed by atoms with van der Waals surface area (Å²) < 4.78 is 0. The van der Waals surface area contributed by atoms with E-state index in [0.29, 0.717) is 23.5 Å². The van der Waals surface area contributed by atoms with Crippen LogP contribution in [0, 0.1) is 0 Å². The van der Waals surface area contributed by atoms with Crippen LogP contribution in [0.25, 0.3) is 0 Å². The van der Waals surface area contributed by atoms with E-state index in [-0.39, 0.29) is 12.4 Å². The highest BCUT2D eigenvalue weighted by molar-refractivity contribution is 6.30. The molecule has 0 fully saturated rings. The third-order valence-corrected chi connectivity index (χ3v) is 2.33. The van der Waals surface area contributed by atoms with E-state index >= 15 is 0 Å². The summed E-state index contributed by atoms with van der Waals surface area (Å²) in [6.07, 6.45) is 0.950.